The first-order chi connectivity index (χ1) is 16.4. The van der Waals surface area contributed by atoms with Gasteiger partial charge in [0.15, 0.2) is 0 Å². The number of aromatic nitrogens is 2. The predicted molar refractivity (Wildman–Crippen MR) is 138 cm³/mol. The Balaban J connectivity index is 0.00000342. The maximum atomic E-state index is 10.8. The number of hydrogen-bond acceptors (Lipinski definition) is 6. The van der Waals surface area contributed by atoms with Gasteiger partial charge in [0.2, 0.25) is 5.82 Å². The Morgan fingerprint density at radius 1 is 1.06 bits per heavy atom. The summed E-state index contributed by atoms with van der Waals surface area (Å²) in [6.07, 6.45) is 0. The molecule has 4 aromatic rings. The van der Waals surface area contributed by atoms with Crippen molar-refractivity contribution in [3.8, 4) is 34.0 Å². The Hall–Kier alpha value is -3.23. The number of halogens is 2. The van der Waals surface area contributed by atoms with Gasteiger partial charge in [0.1, 0.15) is 0 Å². The van der Waals surface area contributed by atoms with E-state index in [1.54, 1.807) is 19.1 Å². The zero-order chi connectivity index (χ0) is 24.1. The van der Waals surface area contributed by atoms with Crippen LogP contribution in [0.1, 0.15) is 11.1 Å². The summed E-state index contributed by atoms with van der Waals surface area (Å²) in [5.41, 5.74) is 5.47. The van der Waals surface area contributed by atoms with E-state index in [0.717, 1.165) is 33.4 Å². The van der Waals surface area contributed by atoms with Crippen LogP contribution in [0, 0.1) is 0 Å². The molecule has 7 nitrogen and oxygen atoms in total. The minimum Gasteiger partial charge on any atom is -0.480 e. The second-order valence-electron chi connectivity index (χ2n) is 7.97. The minimum absolute atomic E-state index is 0. The second kappa shape index (κ2) is 12.0. The first-order valence-electron chi connectivity index (χ1n) is 10.6. The molecular weight excluding hydrogens is 489 g/mol. The van der Waals surface area contributed by atoms with E-state index in [1.807, 2.05) is 66.7 Å². The lowest BCUT2D eigenvalue weighted by Gasteiger charge is -2.13. The van der Waals surface area contributed by atoms with Gasteiger partial charge in [-0.1, -0.05) is 65.3 Å². The summed E-state index contributed by atoms with van der Waals surface area (Å²) in [6.45, 7) is 0.924. The fraction of sp³-hybridized carbons (Fsp3) is 0.192. The summed E-state index contributed by atoms with van der Waals surface area (Å²) in [4.78, 5) is 17.1. The molecule has 0 aliphatic rings. The molecule has 0 bridgehead atoms. The van der Waals surface area contributed by atoms with Gasteiger partial charge in [-0.3, -0.25) is 9.69 Å². The average molecular weight is 514 g/mol. The van der Waals surface area contributed by atoms with Crippen LogP contribution < -0.4 is 0 Å². The molecule has 0 amide bonds. The lowest BCUT2D eigenvalue weighted by atomic mass is 9.97. The van der Waals surface area contributed by atoms with E-state index in [0.29, 0.717) is 29.9 Å². The molecule has 182 valence electrons. The maximum absolute atomic E-state index is 10.8. The highest BCUT2D eigenvalue weighted by Gasteiger charge is 2.15. The van der Waals surface area contributed by atoms with Crippen molar-refractivity contribution >= 4 is 30.0 Å². The zero-order valence-corrected chi connectivity index (χ0v) is 20.8. The third-order valence-corrected chi connectivity index (χ3v) is 5.64. The van der Waals surface area contributed by atoms with E-state index in [9.17, 15) is 4.79 Å². The molecule has 0 radical (unpaired) electrons. The van der Waals surface area contributed by atoms with Crippen LogP contribution >= 0.6 is 24.0 Å². The van der Waals surface area contributed by atoms with E-state index in [2.05, 4.69) is 10.1 Å². The number of hydrogen-bond donors (Lipinski definition) is 1. The van der Waals surface area contributed by atoms with Gasteiger partial charge in [0, 0.05) is 35.4 Å². The van der Waals surface area contributed by atoms with Crippen molar-refractivity contribution in [3.05, 3.63) is 82.9 Å². The van der Waals surface area contributed by atoms with E-state index in [4.69, 9.17) is 26.0 Å². The second-order valence-corrected chi connectivity index (χ2v) is 8.38. The van der Waals surface area contributed by atoms with Gasteiger partial charge in [-0.25, -0.2) is 0 Å². The molecule has 9 heteroatoms. The van der Waals surface area contributed by atoms with E-state index >= 15 is 0 Å². The molecule has 0 spiro atoms. The van der Waals surface area contributed by atoms with Crippen LogP contribution in [0.15, 0.2) is 71.3 Å². The summed E-state index contributed by atoms with van der Waals surface area (Å²) in [5.74, 6) is 0.0271. The molecule has 0 fully saturated rings. The molecule has 1 aromatic heterocycles. The van der Waals surface area contributed by atoms with Gasteiger partial charge in [-0.15, -0.1) is 12.4 Å². The van der Waals surface area contributed by atoms with E-state index < -0.39 is 5.97 Å². The van der Waals surface area contributed by atoms with Crippen LogP contribution in [-0.4, -0.2) is 46.8 Å². The number of rotatable bonds is 9. The van der Waals surface area contributed by atoms with Crippen molar-refractivity contribution in [1.29, 1.82) is 0 Å². The van der Waals surface area contributed by atoms with Crippen LogP contribution in [0.25, 0.3) is 34.0 Å². The minimum atomic E-state index is -0.855. The number of ether oxygens (including phenoxy) is 1. The summed E-state index contributed by atoms with van der Waals surface area (Å²) in [6, 6.07) is 21.2. The standard InChI is InChI=1S/C26H24ClN3O4.ClH/c1-30(15-24(31)32)14-17-7-9-18(10-8-17)25-28-26(34-29-25)19-11-12-21(20(13-19)16-33-2)22-5-3-4-6-23(22)27;/h3-13H,14-16H2,1-2H3,(H,31,32);1H. The van der Waals surface area contributed by atoms with Crippen LogP contribution in [0.3, 0.4) is 0 Å². The Bertz CT molecular complexity index is 1290. The molecule has 35 heavy (non-hydrogen) atoms. The first kappa shape index (κ1) is 26.4. The van der Waals surface area contributed by atoms with Crippen molar-refractivity contribution in [2.75, 3.05) is 20.7 Å². The molecule has 0 unspecified atom stereocenters. The Morgan fingerprint density at radius 2 is 1.77 bits per heavy atom. The number of nitrogens with zero attached hydrogens (tertiary/aromatic N) is 3. The van der Waals surface area contributed by atoms with Gasteiger partial charge in [-0.2, -0.15) is 4.98 Å². The smallest absolute Gasteiger partial charge is 0.317 e. The quantitative estimate of drug-likeness (QED) is 0.302. The number of carboxylic acid groups (broad SMARTS) is 1. The Labute approximate surface area is 214 Å². The number of carboxylic acids is 1. The summed E-state index contributed by atoms with van der Waals surface area (Å²) < 4.78 is 11.0. The molecule has 0 saturated carbocycles. The van der Waals surface area contributed by atoms with Gasteiger partial charge in [0.05, 0.1) is 13.2 Å². The Morgan fingerprint density at radius 3 is 2.46 bits per heavy atom. The van der Waals surface area contributed by atoms with Gasteiger partial charge in [-0.05, 0) is 41.9 Å². The number of aliphatic carboxylic acids is 1. The molecule has 3 aromatic carbocycles. The number of likely N-dealkylation sites (N-methyl/N-ethyl adjacent to an activating group) is 1. The number of carbonyl (C=O) groups is 1. The predicted octanol–water partition coefficient (Wildman–Crippen LogP) is 5.81. The van der Waals surface area contributed by atoms with Crippen LogP contribution in [0.2, 0.25) is 5.02 Å². The zero-order valence-electron chi connectivity index (χ0n) is 19.3. The van der Waals surface area contributed by atoms with Crippen LogP contribution in [-0.2, 0) is 22.7 Å². The summed E-state index contributed by atoms with van der Waals surface area (Å²) >= 11 is 6.41. The molecule has 0 aliphatic carbocycles. The molecule has 1 heterocycles. The normalized spacial score (nSPS) is 10.9. The number of methoxy groups -OCH3 is 1. The van der Waals surface area contributed by atoms with E-state index in [1.165, 1.54) is 0 Å². The third-order valence-electron chi connectivity index (χ3n) is 5.31. The molecule has 0 aliphatic heterocycles. The molecule has 0 saturated heterocycles. The topological polar surface area (TPSA) is 88.7 Å². The van der Waals surface area contributed by atoms with Crippen molar-refractivity contribution in [2.24, 2.45) is 0 Å². The highest BCUT2D eigenvalue weighted by molar-refractivity contribution is 6.33. The van der Waals surface area contributed by atoms with Crippen molar-refractivity contribution in [1.82, 2.24) is 15.0 Å². The van der Waals surface area contributed by atoms with E-state index in [-0.39, 0.29) is 19.0 Å². The third kappa shape index (κ3) is 6.46. The molecular formula is C26H25Cl2N3O4. The van der Waals surface area contributed by atoms with Crippen molar-refractivity contribution < 1.29 is 19.2 Å². The fourth-order valence-corrected chi connectivity index (χ4v) is 4.00. The lowest BCUT2D eigenvalue weighted by Crippen LogP contribution is -2.25. The summed E-state index contributed by atoms with van der Waals surface area (Å²) in [5, 5.41) is 13.7. The number of benzene rings is 3. The molecule has 1 N–H and O–H groups in total. The van der Waals surface area contributed by atoms with Gasteiger partial charge >= 0.3 is 5.97 Å². The largest absolute Gasteiger partial charge is 0.480 e. The van der Waals surface area contributed by atoms with Crippen LogP contribution in [0.4, 0.5) is 0 Å². The van der Waals surface area contributed by atoms with Crippen molar-refractivity contribution in [3.63, 3.8) is 0 Å². The van der Waals surface area contributed by atoms with Crippen molar-refractivity contribution in [2.45, 2.75) is 13.2 Å². The van der Waals surface area contributed by atoms with Gasteiger partial charge < -0.3 is 14.4 Å². The first-order valence-corrected chi connectivity index (χ1v) is 11.0. The van der Waals surface area contributed by atoms with Crippen LogP contribution in [0.5, 0.6) is 0 Å². The average Bonchev–Trinajstić information content (AvgIpc) is 3.30. The lowest BCUT2D eigenvalue weighted by molar-refractivity contribution is -0.138. The fourth-order valence-electron chi connectivity index (χ4n) is 3.76. The SMILES string of the molecule is COCc1cc(-c2nc(-c3ccc(CN(C)CC(=O)O)cc3)no2)ccc1-c1ccccc1Cl.Cl. The molecule has 0 atom stereocenters. The highest BCUT2D eigenvalue weighted by atomic mass is 35.5. The maximum Gasteiger partial charge on any atom is 0.317 e. The highest BCUT2D eigenvalue weighted by Crippen LogP contribution is 2.33. The monoisotopic (exact) mass is 513 g/mol. The Kier molecular flexibility index (Phi) is 9.01. The summed E-state index contributed by atoms with van der Waals surface area (Å²) in [7, 11) is 3.42. The molecule has 4 rings (SSSR count). The van der Waals surface area contributed by atoms with Gasteiger partial charge in [0.25, 0.3) is 5.89 Å².